The molecule has 1 aromatic rings. The van der Waals surface area contributed by atoms with Crippen LogP contribution in [0.1, 0.15) is 39.7 Å². The molecule has 21 heavy (non-hydrogen) atoms. The molecule has 2 unspecified atom stereocenters. The molecule has 4 nitrogen and oxygen atoms in total. The van der Waals surface area contributed by atoms with Gasteiger partial charge in [0.25, 0.3) is 0 Å². The second kappa shape index (κ2) is 12.4. The fraction of sp³-hybridized carbons (Fsp3) is 0.588. The van der Waals surface area contributed by atoms with Gasteiger partial charge in [-0.3, -0.25) is 4.79 Å². The average Bonchev–Trinajstić information content (AvgIpc) is 3.06. The summed E-state index contributed by atoms with van der Waals surface area (Å²) in [5.74, 6) is -0.212. The van der Waals surface area contributed by atoms with Gasteiger partial charge >= 0.3 is 5.97 Å². The molecule has 0 aromatic heterocycles. The van der Waals surface area contributed by atoms with Crippen LogP contribution in [-0.4, -0.2) is 31.8 Å². The number of carbonyl (C=O) groups excluding carboxylic acids is 1. The Hall–Kier alpha value is -1.39. The summed E-state index contributed by atoms with van der Waals surface area (Å²) in [6.45, 7) is 9.29. The van der Waals surface area contributed by atoms with Crippen LogP contribution < -0.4 is 5.32 Å². The number of nitrogens with one attached hydrogen (secondary N) is 1. The van der Waals surface area contributed by atoms with Crippen molar-refractivity contribution in [3.05, 3.63) is 35.9 Å². The zero-order chi connectivity index (χ0) is 16.1. The Kier molecular flexibility index (Phi) is 11.5. The van der Waals surface area contributed by atoms with Crippen LogP contribution in [0.2, 0.25) is 0 Å². The van der Waals surface area contributed by atoms with Crippen molar-refractivity contribution in [3.63, 3.8) is 0 Å². The van der Waals surface area contributed by atoms with Crippen molar-refractivity contribution in [2.24, 2.45) is 0 Å². The molecule has 0 radical (unpaired) electrons. The molecule has 1 aliphatic heterocycles. The number of benzene rings is 1. The molecule has 4 heteroatoms. The van der Waals surface area contributed by atoms with E-state index in [9.17, 15) is 4.79 Å². The lowest BCUT2D eigenvalue weighted by Crippen LogP contribution is -2.31. The predicted molar refractivity (Wildman–Crippen MR) is 86.1 cm³/mol. The number of hydrogen-bond donors (Lipinski definition) is 1. The number of rotatable bonds is 4. The van der Waals surface area contributed by atoms with Crippen molar-refractivity contribution in [1.82, 2.24) is 5.32 Å². The van der Waals surface area contributed by atoms with Crippen LogP contribution in [0.25, 0.3) is 0 Å². The highest BCUT2D eigenvalue weighted by Crippen LogP contribution is 2.13. The second-order valence-corrected chi connectivity index (χ2v) is 4.14. The first-order valence-electron chi connectivity index (χ1n) is 7.76. The van der Waals surface area contributed by atoms with E-state index in [2.05, 4.69) is 10.1 Å². The highest BCUT2D eigenvalue weighted by atomic mass is 16.5. The minimum atomic E-state index is -0.222. The van der Waals surface area contributed by atoms with Gasteiger partial charge in [-0.05, 0) is 5.56 Å². The van der Waals surface area contributed by atoms with Crippen LogP contribution in [0, 0.1) is 0 Å². The second-order valence-electron chi connectivity index (χ2n) is 4.14. The normalized spacial score (nSPS) is 19.7. The van der Waals surface area contributed by atoms with E-state index in [4.69, 9.17) is 4.74 Å². The van der Waals surface area contributed by atoms with E-state index < -0.39 is 0 Å². The van der Waals surface area contributed by atoms with Crippen LogP contribution in [-0.2, 0) is 20.9 Å². The van der Waals surface area contributed by atoms with Gasteiger partial charge in [0.05, 0.1) is 19.8 Å². The van der Waals surface area contributed by atoms with Gasteiger partial charge in [-0.25, -0.2) is 0 Å². The van der Waals surface area contributed by atoms with Gasteiger partial charge in [-0.2, -0.15) is 0 Å². The van der Waals surface area contributed by atoms with Gasteiger partial charge in [0.2, 0.25) is 0 Å². The molecule has 1 aliphatic rings. The van der Waals surface area contributed by atoms with E-state index in [0.29, 0.717) is 19.6 Å². The van der Waals surface area contributed by atoms with E-state index in [1.54, 1.807) is 0 Å². The minimum absolute atomic E-state index is 0.0827. The van der Waals surface area contributed by atoms with Crippen molar-refractivity contribution >= 4 is 5.97 Å². The molecule has 1 N–H and O–H groups in total. The highest BCUT2D eigenvalue weighted by Gasteiger charge is 2.30. The SMILES string of the molecule is CC.CC.COC(=O)C1CC(OCc2ccccc2)CN1. The molecule has 2 rings (SSSR count). The molecule has 0 saturated carbocycles. The van der Waals surface area contributed by atoms with E-state index >= 15 is 0 Å². The molecule has 2 atom stereocenters. The lowest BCUT2D eigenvalue weighted by molar-refractivity contribution is -0.142. The van der Waals surface area contributed by atoms with Gasteiger partial charge in [-0.15, -0.1) is 0 Å². The third kappa shape index (κ3) is 7.25. The van der Waals surface area contributed by atoms with E-state index in [0.717, 1.165) is 5.56 Å². The smallest absolute Gasteiger partial charge is 0.322 e. The Morgan fingerprint density at radius 2 is 1.81 bits per heavy atom. The average molecular weight is 295 g/mol. The lowest BCUT2D eigenvalue weighted by atomic mass is 10.2. The largest absolute Gasteiger partial charge is 0.468 e. The summed E-state index contributed by atoms with van der Waals surface area (Å²) in [5.41, 5.74) is 1.15. The van der Waals surface area contributed by atoms with Crippen molar-refractivity contribution in [2.45, 2.75) is 52.9 Å². The first kappa shape index (κ1) is 19.6. The Balaban J connectivity index is 0.000000921. The zero-order valence-electron chi connectivity index (χ0n) is 13.9. The Morgan fingerprint density at radius 3 is 2.38 bits per heavy atom. The molecule has 1 saturated heterocycles. The molecule has 1 heterocycles. The molecule has 0 spiro atoms. The number of esters is 1. The quantitative estimate of drug-likeness (QED) is 0.867. The van der Waals surface area contributed by atoms with Crippen molar-refractivity contribution in [1.29, 1.82) is 0 Å². The molecule has 0 amide bonds. The molecular weight excluding hydrogens is 266 g/mol. The summed E-state index contributed by atoms with van der Waals surface area (Å²) in [6, 6.07) is 9.79. The van der Waals surface area contributed by atoms with Gasteiger partial charge in [0, 0.05) is 13.0 Å². The number of ether oxygens (including phenoxy) is 2. The van der Waals surface area contributed by atoms with Crippen LogP contribution in [0.3, 0.4) is 0 Å². The summed E-state index contributed by atoms with van der Waals surface area (Å²) in [7, 11) is 1.40. The minimum Gasteiger partial charge on any atom is -0.468 e. The molecule has 0 bridgehead atoms. The summed E-state index contributed by atoms with van der Waals surface area (Å²) in [4.78, 5) is 11.3. The van der Waals surface area contributed by atoms with Gasteiger partial charge in [0.1, 0.15) is 6.04 Å². The maximum absolute atomic E-state index is 11.3. The van der Waals surface area contributed by atoms with Crippen LogP contribution in [0.4, 0.5) is 0 Å². The fourth-order valence-corrected chi connectivity index (χ4v) is 1.94. The summed E-state index contributed by atoms with van der Waals surface area (Å²) in [6.07, 6.45) is 0.763. The summed E-state index contributed by atoms with van der Waals surface area (Å²) < 4.78 is 10.4. The van der Waals surface area contributed by atoms with Crippen molar-refractivity contribution in [2.75, 3.05) is 13.7 Å². The van der Waals surface area contributed by atoms with Gasteiger partial charge < -0.3 is 14.8 Å². The maximum atomic E-state index is 11.3. The molecule has 0 aliphatic carbocycles. The summed E-state index contributed by atoms with van der Waals surface area (Å²) >= 11 is 0. The predicted octanol–water partition coefficient (Wildman–Crippen LogP) is 3.16. The van der Waals surface area contributed by atoms with Gasteiger partial charge in [-0.1, -0.05) is 58.0 Å². The molecule has 1 fully saturated rings. The third-order valence-corrected chi connectivity index (χ3v) is 2.90. The van der Waals surface area contributed by atoms with E-state index in [1.807, 2.05) is 58.0 Å². The molecule has 1 aromatic carbocycles. The highest BCUT2D eigenvalue weighted by molar-refractivity contribution is 5.76. The zero-order valence-corrected chi connectivity index (χ0v) is 13.9. The maximum Gasteiger partial charge on any atom is 0.322 e. The first-order valence-corrected chi connectivity index (χ1v) is 7.76. The van der Waals surface area contributed by atoms with E-state index in [1.165, 1.54) is 7.11 Å². The Labute approximate surface area is 128 Å². The first-order chi connectivity index (χ1) is 10.3. The third-order valence-electron chi connectivity index (χ3n) is 2.90. The van der Waals surface area contributed by atoms with Crippen LogP contribution in [0.15, 0.2) is 30.3 Å². The fourth-order valence-electron chi connectivity index (χ4n) is 1.94. The number of methoxy groups -OCH3 is 1. The lowest BCUT2D eigenvalue weighted by Gasteiger charge is -2.10. The number of carbonyl (C=O) groups is 1. The molecule has 120 valence electrons. The van der Waals surface area contributed by atoms with E-state index in [-0.39, 0.29) is 18.1 Å². The standard InChI is InChI=1S/C13H17NO3.2C2H6/c1-16-13(15)12-7-11(8-14-12)17-9-10-5-3-2-4-6-10;2*1-2/h2-6,11-12,14H,7-9H2,1H3;2*1-2H3. The van der Waals surface area contributed by atoms with Crippen molar-refractivity contribution < 1.29 is 14.3 Å². The molecular formula is C17H29NO3. The topological polar surface area (TPSA) is 47.6 Å². The monoisotopic (exact) mass is 295 g/mol. The van der Waals surface area contributed by atoms with Crippen molar-refractivity contribution in [3.8, 4) is 0 Å². The Morgan fingerprint density at radius 1 is 1.19 bits per heavy atom. The van der Waals surface area contributed by atoms with Crippen LogP contribution >= 0.6 is 0 Å². The van der Waals surface area contributed by atoms with Crippen LogP contribution in [0.5, 0.6) is 0 Å². The Bertz CT molecular complexity index is 368. The summed E-state index contributed by atoms with van der Waals surface area (Å²) in [5, 5.41) is 3.09. The van der Waals surface area contributed by atoms with Gasteiger partial charge in [0.15, 0.2) is 0 Å². The number of hydrogen-bond acceptors (Lipinski definition) is 4.